The predicted octanol–water partition coefficient (Wildman–Crippen LogP) is 18.9. The predicted molar refractivity (Wildman–Crippen MR) is 275 cm³/mol. The quantitative estimate of drug-likeness (QED) is 0.0344. The molecule has 0 aromatic heterocycles. The molecule has 0 saturated carbocycles. The minimum Gasteiger partial charge on any atom is -0.462 e. The molecule has 0 rings (SSSR count). The summed E-state index contributed by atoms with van der Waals surface area (Å²) in [6, 6.07) is 0. The zero-order valence-corrected chi connectivity index (χ0v) is 43.9. The lowest BCUT2D eigenvalue weighted by Crippen LogP contribution is -2.30. The van der Waals surface area contributed by atoms with Crippen LogP contribution in [0.1, 0.15) is 324 Å². The van der Waals surface area contributed by atoms with Crippen molar-refractivity contribution >= 4 is 17.9 Å². The summed E-state index contributed by atoms with van der Waals surface area (Å²) in [6.45, 7) is 11.4. The SMILES string of the molecule is CCCCCCCCCCCCCCCCCC(=O)O[C@@H](COC(=O)CCCCCCCCCCCCCCCCCCCCC(C)CC)COC(=O)CCCCCCCCC(C)C. The van der Waals surface area contributed by atoms with Crippen LogP contribution in [0.15, 0.2) is 0 Å². The van der Waals surface area contributed by atoms with Gasteiger partial charge in [-0.15, -0.1) is 0 Å². The second kappa shape index (κ2) is 50.8. The van der Waals surface area contributed by atoms with E-state index in [4.69, 9.17) is 14.2 Å². The molecule has 0 N–H and O–H groups in total. The Morgan fingerprint density at radius 3 is 0.891 bits per heavy atom. The molecule has 6 nitrogen and oxygen atoms in total. The van der Waals surface area contributed by atoms with E-state index >= 15 is 0 Å². The largest absolute Gasteiger partial charge is 0.462 e. The van der Waals surface area contributed by atoms with Gasteiger partial charge in [0.25, 0.3) is 0 Å². The fraction of sp³-hybridized carbons (Fsp3) is 0.948. The topological polar surface area (TPSA) is 78.9 Å². The van der Waals surface area contributed by atoms with Crippen LogP contribution in [0.25, 0.3) is 0 Å². The van der Waals surface area contributed by atoms with Crippen molar-refractivity contribution in [1.82, 2.24) is 0 Å². The molecular weight excluding hydrogens is 793 g/mol. The number of hydrogen-bond donors (Lipinski definition) is 0. The number of ether oxygens (including phenoxy) is 3. The Morgan fingerprint density at radius 1 is 0.328 bits per heavy atom. The van der Waals surface area contributed by atoms with Gasteiger partial charge in [-0.3, -0.25) is 14.4 Å². The zero-order valence-electron chi connectivity index (χ0n) is 43.9. The molecule has 0 spiro atoms. The Morgan fingerprint density at radius 2 is 0.594 bits per heavy atom. The zero-order chi connectivity index (χ0) is 46.8. The highest BCUT2D eigenvalue weighted by atomic mass is 16.6. The summed E-state index contributed by atoms with van der Waals surface area (Å²) in [5.41, 5.74) is 0. The lowest BCUT2D eigenvalue weighted by molar-refractivity contribution is -0.167. The normalized spacial score (nSPS) is 12.5. The molecule has 0 aliphatic rings. The van der Waals surface area contributed by atoms with Crippen molar-refractivity contribution in [1.29, 1.82) is 0 Å². The Balaban J connectivity index is 4.17. The van der Waals surface area contributed by atoms with Gasteiger partial charge >= 0.3 is 17.9 Å². The molecule has 64 heavy (non-hydrogen) atoms. The van der Waals surface area contributed by atoms with Gasteiger partial charge in [-0.05, 0) is 31.1 Å². The highest BCUT2D eigenvalue weighted by Crippen LogP contribution is 2.19. The van der Waals surface area contributed by atoms with Crippen LogP contribution in [0.2, 0.25) is 0 Å². The number of esters is 3. The van der Waals surface area contributed by atoms with Gasteiger partial charge in [-0.1, -0.05) is 285 Å². The summed E-state index contributed by atoms with van der Waals surface area (Å²) in [5, 5.41) is 0. The fourth-order valence-electron chi connectivity index (χ4n) is 8.84. The summed E-state index contributed by atoms with van der Waals surface area (Å²) < 4.78 is 16.8. The molecule has 6 heteroatoms. The lowest BCUT2D eigenvalue weighted by atomic mass is 9.99. The third-order valence-corrected chi connectivity index (χ3v) is 13.6. The number of unbranched alkanes of at least 4 members (excludes halogenated alkanes) is 36. The standard InChI is InChI=1S/C58H112O6/c1-6-8-9-10-11-12-13-14-19-24-27-30-33-40-45-50-58(61)64-55(52-63-57(60)49-44-39-35-34-36-41-46-53(3)4)51-62-56(59)48-43-38-32-29-26-23-21-18-16-15-17-20-22-25-28-31-37-42-47-54(5)7-2/h53-55H,6-52H2,1-5H3/t54?,55-/m0/s1. The van der Waals surface area contributed by atoms with Crippen molar-refractivity contribution < 1.29 is 28.6 Å². The van der Waals surface area contributed by atoms with E-state index in [0.717, 1.165) is 69.6 Å². The van der Waals surface area contributed by atoms with E-state index in [9.17, 15) is 14.4 Å². The van der Waals surface area contributed by atoms with Crippen molar-refractivity contribution in [3.05, 3.63) is 0 Å². The van der Waals surface area contributed by atoms with Crippen LogP contribution in [0, 0.1) is 11.8 Å². The molecule has 2 atom stereocenters. The van der Waals surface area contributed by atoms with E-state index in [-0.39, 0.29) is 31.1 Å². The molecule has 0 aromatic carbocycles. The Bertz CT molecular complexity index is 980. The first-order chi connectivity index (χ1) is 31.3. The monoisotopic (exact) mass is 905 g/mol. The van der Waals surface area contributed by atoms with E-state index in [2.05, 4.69) is 34.6 Å². The van der Waals surface area contributed by atoms with Gasteiger partial charge in [0.1, 0.15) is 13.2 Å². The summed E-state index contributed by atoms with van der Waals surface area (Å²) in [6.07, 6.45) is 53.9. The van der Waals surface area contributed by atoms with Crippen LogP contribution in [-0.4, -0.2) is 37.2 Å². The molecule has 0 saturated heterocycles. The van der Waals surface area contributed by atoms with Gasteiger partial charge in [-0.2, -0.15) is 0 Å². The first kappa shape index (κ1) is 62.4. The number of hydrogen-bond acceptors (Lipinski definition) is 6. The summed E-state index contributed by atoms with van der Waals surface area (Å²) >= 11 is 0. The van der Waals surface area contributed by atoms with Crippen molar-refractivity contribution in [2.24, 2.45) is 11.8 Å². The van der Waals surface area contributed by atoms with Gasteiger partial charge < -0.3 is 14.2 Å². The van der Waals surface area contributed by atoms with Gasteiger partial charge in [0, 0.05) is 19.3 Å². The summed E-state index contributed by atoms with van der Waals surface area (Å²) in [4.78, 5) is 38.0. The van der Waals surface area contributed by atoms with Crippen LogP contribution >= 0.6 is 0 Å². The first-order valence-electron chi connectivity index (χ1n) is 28.8. The molecule has 0 amide bonds. The molecule has 0 aliphatic heterocycles. The average Bonchev–Trinajstić information content (AvgIpc) is 3.28. The molecule has 0 aliphatic carbocycles. The highest BCUT2D eigenvalue weighted by molar-refractivity contribution is 5.71. The van der Waals surface area contributed by atoms with Crippen LogP contribution in [0.3, 0.4) is 0 Å². The maximum atomic E-state index is 12.8. The van der Waals surface area contributed by atoms with E-state index in [1.165, 1.54) is 212 Å². The number of carbonyl (C=O) groups is 3. The van der Waals surface area contributed by atoms with Gasteiger partial charge in [0.2, 0.25) is 0 Å². The summed E-state index contributed by atoms with van der Waals surface area (Å²) in [7, 11) is 0. The Labute approximate surface area is 399 Å². The number of rotatable bonds is 52. The van der Waals surface area contributed by atoms with Crippen molar-refractivity contribution in [2.75, 3.05) is 13.2 Å². The molecule has 1 unspecified atom stereocenters. The molecule has 0 radical (unpaired) electrons. The molecule has 0 fully saturated rings. The maximum absolute atomic E-state index is 12.8. The lowest BCUT2D eigenvalue weighted by Gasteiger charge is -2.18. The van der Waals surface area contributed by atoms with Crippen LogP contribution in [-0.2, 0) is 28.6 Å². The first-order valence-corrected chi connectivity index (χ1v) is 28.8. The van der Waals surface area contributed by atoms with Crippen molar-refractivity contribution in [3.63, 3.8) is 0 Å². The van der Waals surface area contributed by atoms with Gasteiger partial charge in [-0.25, -0.2) is 0 Å². The van der Waals surface area contributed by atoms with E-state index in [1.807, 2.05) is 0 Å². The maximum Gasteiger partial charge on any atom is 0.306 e. The Hall–Kier alpha value is -1.59. The number of carbonyl (C=O) groups excluding carboxylic acids is 3. The van der Waals surface area contributed by atoms with Crippen molar-refractivity contribution in [2.45, 2.75) is 330 Å². The minimum atomic E-state index is -0.762. The average molecular weight is 906 g/mol. The third kappa shape index (κ3) is 49.8. The Kier molecular flexibility index (Phi) is 49.6. The second-order valence-electron chi connectivity index (χ2n) is 20.6. The van der Waals surface area contributed by atoms with E-state index in [1.54, 1.807) is 0 Å². The molecule has 0 aromatic rings. The smallest absolute Gasteiger partial charge is 0.306 e. The molecule has 0 bridgehead atoms. The van der Waals surface area contributed by atoms with Gasteiger partial charge in [0.15, 0.2) is 6.10 Å². The van der Waals surface area contributed by atoms with Crippen LogP contribution in [0.5, 0.6) is 0 Å². The summed E-state index contributed by atoms with van der Waals surface area (Å²) in [5.74, 6) is 0.827. The second-order valence-corrected chi connectivity index (χ2v) is 20.6. The minimum absolute atomic E-state index is 0.0637. The third-order valence-electron chi connectivity index (χ3n) is 13.6. The molecular formula is C58H112O6. The fourth-order valence-corrected chi connectivity index (χ4v) is 8.84. The van der Waals surface area contributed by atoms with Gasteiger partial charge in [0.05, 0.1) is 0 Å². The van der Waals surface area contributed by atoms with Crippen molar-refractivity contribution in [3.8, 4) is 0 Å². The van der Waals surface area contributed by atoms with E-state index < -0.39 is 6.10 Å². The van der Waals surface area contributed by atoms with E-state index in [0.29, 0.717) is 19.3 Å². The highest BCUT2D eigenvalue weighted by Gasteiger charge is 2.19. The molecule has 380 valence electrons. The van der Waals surface area contributed by atoms with Crippen LogP contribution < -0.4 is 0 Å². The van der Waals surface area contributed by atoms with Crippen LogP contribution in [0.4, 0.5) is 0 Å². The molecule has 0 heterocycles.